The molecule has 1 saturated heterocycles. The zero-order chi connectivity index (χ0) is 20.5. The molecule has 0 atom stereocenters. The van der Waals surface area contributed by atoms with Crippen LogP contribution < -0.4 is 0 Å². The van der Waals surface area contributed by atoms with Gasteiger partial charge in [-0.05, 0) is 55.0 Å². The van der Waals surface area contributed by atoms with Gasteiger partial charge in [0.15, 0.2) is 0 Å². The Morgan fingerprint density at radius 3 is 2.54 bits per heavy atom. The fraction of sp³-hybridized carbons (Fsp3) is 0.421. The van der Waals surface area contributed by atoms with Crippen LogP contribution in [0.5, 0.6) is 0 Å². The Labute approximate surface area is 167 Å². The molecule has 28 heavy (non-hydrogen) atoms. The van der Waals surface area contributed by atoms with Gasteiger partial charge in [0.05, 0.1) is 6.54 Å². The minimum absolute atomic E-state index is 0.0261. The Morgan fingerprint density at radius 1 is 1.25 bits per heavy atom. The zero-order valence-corrected chi connectivity index (χ0v) is 17.3. The van der Waals surface area contributed by atoms with Crippen molar-refractivity contribution in [3.05, 3.63) is 51.7 Å². The fourth-order valence-electron chi connectivity index (χ4n) is 3.33. The molecule has 1 aromatic heterocycles. The predicted octanol–water partition coefficient (Wildman–Crippen LogP) is 3.39. The summed E-state index contributed by atoms with van der Waals surface area (Å²) >= 11 is 1.60. The minimum atomic E-state index is -4.14. The van der Waals surface area contributed by atoms with E-state index < -0.39 is 26.6 Å². The first-order valence-electron chi connectivity index (χ1n) is 8.93. The lowest BCUT2D eigenvalue weighted by atomic mass is 9.96. The summed E-state index contributed by atoms with van der Waals surface area (Å²) in [5.74, 6) is -2.10. The van der Waals surface area contributed by atoms with E-state index in [9.17, 15) is 22.0 Å². The fourth-order valence-corrected chi connectivity index (χ4v) is 5.83. The summed E-state index contributed by atoms with van der Waals surface area (Å²) in [6, 6.07) is 4.39. The van der Waals surface area contributed by atoms with Gasteiger partial charge in [-0.25, -0.2) is 17.2 Å². The second kappa shape index (κ2) is 8.26. The molecule has 0 spiro atoms. The van der Waals surface area contributed by atoms with E-state index in [2.05, 4.69) is 0 Å². The van der Waals surface area contributed by atoms with Gasteiger partial charge in [0.1, 0.15) is 16.5 Å². The van der Waals surface area contributed by atoms with Gasteiger partial charge in [-0.3, -0.25) is 4.79 Å². The first-order chi connectivity index (χ1) is 13.2. The van der Waals surface area contributed by atoms with Crippen LogP contribution >= 0.6 is 11.3 Å². The highest BCUT2D eigenvalue weighted by Gasteiger charge is 2.34. The lowest BCUT2D eigenvalue weighted by Crippen LogP contribution is -2.43. The van der Waals surface area contributed by atoms with E-state index in [4.69, 9.17) is 0 Å². The quantitative estimate of drug-likeness (QED) is 0.734. The molecule has 2 aromatic rings. The number of nitrogens with zero attached hydrogens (tertiary/aromatic N) is 2. The van der Waals surface area contributed by atoms with E-state index in [1.54, 1.807) is 23.3 Å². The number of piperidine rings is 1. The predicted molar refractivity (Wildman–Crippen MR) is 103 cm³/mol. The molecule has 0 saturated carbocycles. The van der Waals surface area contributed by atoms with Crippen LogP contribution in [-0.2, 0) is 21.4 Å². The summed E-state index contributed by atoms with van der Waals surface area (Å²) in [4.78, 5) is 14.8. The van der Waals surface area contributed by atoms with E-state index in [0.717, 1.165) is 26.9 Å². The molecule has 0 radical (unpaired) electrons. The summed E-state index contributed by atoms with van der Waals surface area (Å²) in [5, 5.41) is 1.98. The van der Waals surface area contributed by atoms with Crippen LogP contribution in [0.15, 0.2) is 34.5 Å². The van der Waals surface area contributed by atoms with Gasteiger partial charge in [-0.15, -0.1) is 11.3 Å². The summed E-state index contributed by atoms with van der Waals surface area (Å²) in [6.07, 6.45) is 0.700. The molecule has 152 valence electrons. The third-order valence-electron chi connectivity index (χ3n) is 5.04. The number of carbonyl (C=O) groups excluding carboxylic acids is 1. The van der Waals surface area contributed by atoms with Crippen molar-refractivity contribution in [3.8, 4) is 0 Å². The van der Waals surface area contributed by atoms with E-state index in [0.29, 0.717) is 25.5 Å². The van der Waals surface area contributed by atoms with Crippen molar-refractivity contribution < 1.29 is 22.0 Å². The highest BCUT2D eigenvalue weighted by Crippen LogP contribution is 2.27. The lowest BCUT2D eigenvalue weighted by Gasteiger charge is -2.32. The number of halogens is 2. The van der Waals surface area contributed by atoms with Gasteiger partial charge < -0.3 is 4.90 Å². The average molecular weight is 429 g/mol. The third-order valence-corrected chi connectivity index (χ3v) is 7.96. The number of hydrogen-bond donors (Lipinski definition) is 0. The molecule has 9 heteroatoms. The average Bonchev–Trinajstić information content (AvgIpc) is 3.07. The Morgan fingerprint density at radius 2 is 1.93 bits per heavy atom. The molecule has 0 N–H and O–H groups in total. The first-order valence-corrected chi connectivity index (χ1v) is 11.2. The molecule has 1 aliphatic rings. The standard InChI is InChI=1S/C19H22F2N2O3S2/c1-13-7-10-27-17(13)12-22(2)19(24)14-5-8-23(9-6-14)28(25,26)18-11-15(20)3-4-16(18)21/h3-4,7,10-11,14H,5-6,8-9,12H2,1-2H3. The van der Waals surface area contributed by atoms with E-state index in [1.807, 2.05) is 18.4 Å². The maximum atomic E-state index is 13.9. The summed E-state index contributed by atoms with van der Waals surface area (Å²) in [6.45, 7) is 2.72. The van der Waals surface area contributed by atoms with E-state index >= 15 is 0 Å². The maximum Gasteiger partial charge on any atom is 0.246 e. The van der Waals surface area contributed by atoms with E-state index in [-0.39, 0.29) is 24.9 Å². The third kappa shape index (κ3) is 4.26. The molecule has 2 heterocycles. The second-order valence-electron chi connectivity index (χ2n) is 6.97. The van der Waals surface area contributed by atoms with Gasteiger partial charge in [-0.1, -0.05) is 0 Å². The smallest absolute Gasteiger partial charge is 0.246 e. The Balaban J connectivity index is 1.64. The number of hydrogen-bond acceptors (Lipinski definition) is 4. The molecule has 3 rings (SSSR count). The van der Waals surface area contributed by atoms with Crippen LogP contribution in [-0.4, -0.2) is 43.7 Å². The summed E-state index contributed by atoms with van der Waals surface area (Å²) < 4.78 is 53.7. The van der Waals surface area contributed by atoms with Crippen molar-refractivity contribution in [3.63, 3.8) is 0 Å². The van der Waals surface area contributed by atoms with Crippen molar-refractivity contribution in [1.29, 1.82) is 0 Å². The van der Waals surface area contributed by atoms with Crippen molar-refractivity contribution in [2.75, 3.05) is 20.1 Å². The number of thiophene rings is 1. The first kappa shape index (κ1) is 20.9. The highest BCUT2D eigenvalue weighted by atomic mass is 32.2. The van der Waals surface area contributed by atoms with Gasteiger partial charge in [0.25, 0.3) is 0 Å². The largest absolute Gasteiger partial charge is 0.340 e. The molecule has 5 nitrogen and oxygen atoms in total. The van der Waals surface area contributed by atoms with Crippen molar-refractivity contribution in [2.45, 2.75) is 31.2 Å². The summed E-state index contributed by atoms with van der Waals surface area (Å²) in [5.41, 5.74) is 1.14. The van der Waals surface area contributed by atoms with Crippen molar-refractivity contribution in [1.82, 2.24) is 9.21 Å². The van der Waals surface area contributed by atoms with Crippen LogP contribution in [0.4, 0.5) is 8.78 Å². The molecule has 0 unspecified atom stereocenters. The van der Waals surface area contributed by atoms with Gasteiger partial charge in [0.2, 0.25) is 15.9 Å². The molecular weight excluding hydrogens is 406 g/mol. The normalized spacial score (nSPS) is 16.3. The van der Waals surface area contributed by atoms with Crippen LogP contribution in [0, 0.1) is 24.5 Å². The Bertz CT molecular complexity index is 967. The molecule has 1 fully saturated rings. The van der Waals surface area contributed by atoms with Crippen molar-refractivity contribution >= 4 is 27.3 Å². The SMILES string of the molecule is Cc1ccsc1CN(C)C(=O)C1CCN(S(=O)(=O)c2cc(F)ccc2F)CC1. The van der Waals surface area contributed by atoms with E-state index in [1.165, 1.54) is 0 Å². The number of benzene rings is 1. The van der Waals surface area contributed by atoms with Crippen LogP contribution in [0.3, 0.4) is 0 Å². The highest BCUT2D eigenvalue weighted by molar-refractivity contribution is 7.89. The van der Waals surface area contributed by atoms with Crippen LogP contribution in [0.2, 0.25) is 0 Å². The Kier molecular flexibility index (Phi) is 6.16. The van der Waals surface area contributed by atoms with Crippen LogP contribution in [0.1, 0.15) is 23.3 Å². The number of carbonyl (C=O) groups is 1. The molecule has 0 aliphatic carbocycles. The second-order valence-corrected chi connectivity index (χ2v) is 9.88. The molecule has 0 bridgehead atoms. The van der Waals surface area contributed by atoms with Crippen LogP contribution in [0.25, 0.3) is 0 Å². The topological polar surface area (TPSA) is 57.7 Å². The zero-order valence-electron chi connectivity index (χ0n) is 15.7. The Hall–Kier alpha value is -1.84. The van der Waals surface area contributed by atoms with Gasteiger partial charge in [-0.2, -0.15) is 4.31 Å². The lowest BCUT2D eigenvalue weighted by molar-refractivity contribution is -0.135. The number of amides is 1. The van der Waals surface area contributed by atoms with Gasteiger partial charge >= 0.3 is 0 Å². The monoisotopic (exact) mass is 428 g/mol. The molecule has 1 amide bonds. The van der Waals surface area contributed by atoms with Crippen molar-refractivity contribution in [2.24, 2.45) is 5.92 Å². The minimum Gasteiger partial charge on any atom is -0.340 e. The maximum absolute atomic E-state index is 13.9. The molecule has 1 aliphatic heterocycles. The number of sulfonamides is 1. The molecule has 1 aromatic carbocycles. The molecular formula is C19H22F2N2O3S2. The number of aryl methyl sites for hydroxylation is 1. The number of rotatable bonds is 5. The van der Waals surface area contributed by atoms with Gasteiger partial charge in [0, 0.05) is 30.9 Å². The summed E-state index contributed by atoms with van der Waals surface area (Å²) in [7, 11) is -2.39.